The van der Waals surface area contributed by atoms with Gasteiger partial charge in [0.15, 0.2) is 0 Å². The van der Waals surface area contributed by atoms with Crippen molar-refractivity contribution in [3.63, 3.8) is 0 Å². The van der Waals surface area contributed by atoms with E-state index in [9.17, 15) is 0 Å². The van der Waals surface area contributed by atoms with Gasteiger partial charge in [-0.3, -0.25) is 0 Å². The van der Waals surface area contributed by atoms with Crippen LogP contribution in [0.5, 0.6) is 0 Å². The summed E-state index contributed by atoms with van der Waals surface area (Å²) in [5, 5.41) is 3.28. The maximum absolute atomic E-state index is 5.33. The molecule has 0 amide bonds. The van der Waals surface area contributed by atoms with E-state index in [-0.39, 0.29) is 0 Å². The molecule has 0 aromatic heterocycles. The summed E-state index contributed by atoms with van der Waals surface area (Å²) in [5.41, 5.74) is 2.41. The van der Waals surface area contributed by atoms with E-state index in [0.29, 0.717) is 0 Å². The van der Waals surface area contributed by atoms with Crippen molar-refractivity contribution < 1.29 is 0 Å². The molecule has 1 aliphatic rings. The lowest BCUT2D eigenvalue weighted by molar-refractivity contribution is 0.956. The molecule has 16 heavy (non-hydrogen) atoms. The predicted octanol–water partition coefficient (Wildman–Crippen LogP) is 3.23. The molecule has 1 aromatic carbocycles. The van der Waals surface area contributed by atoms with Crippen LogP contribution < -0.4 is 5.32 Å². The molecule has 1 aromatic rings. The van der Waals surface area contributed by atoms with Crippen molar-refractivity contribution in [2.75, 3.05) is 6.54 Å². The number of rotatable bonds is 3. The quantitative estimate of drug-likeness (QED) is 0.799. The summed E-state index contributed by atoms with van der Waals surface area (Å²) in [6, 6.07) is 10.1. The molecule has 2 rings (SSSR count). The topological polar surface area (TPSA) is 12.0 Å². The average Bonchev–Trinajstić information content (AvgIpc) is 2.38. The molecule has 82 valence electrons. The summed E-state index contributed by atoms with van der Waals surface area (Å²) in [7, 11) is 0. The number of nitrogens with one attached hydrogen (secondary N) is 1. The molecule has 1 aliphatic carbocycles. The van der Waals surface area contributed by atoms with Gasteiger partial charge in [-0.05, 0) is 18.4 Å². The van der Waals surface area contributed by atoms with Crippen molar-refractivity contribution in [3.05, 3.63) is 59.7 Å². The van der Waals surface area contributed by atoms with Gasteiger partial charge in [0.05, 0.1) is 0 Å². The van der Waals surface area contributed by atoms with Gasteiger partial charge in [-0.25, -0.2) is 0 Å². The highest BCUT2D eigenvalue weighted by molar-refractivity contribution is 7.80. The minimum Gasteiger partial charge on any atom is -0.372 e. The molecule has 0 spiro atoms. The first-order valence-corrected chi connectivity index (χ1v) is 5.96. The first-order chi connectivity index (χ1) is 7.86. The molecule has 0 saturated heterocycles. The van der Waals surface area contributed by atoms with Gasteiger partial charge in [0.25, 0.3) is 0 Å². The lowest BCUT2D eigenvalue weighted by Crippen LogP contribution is -2.24. The molecule has 2 heteroatoms. The van der Waals surface area contributed by atoms with Crippen LogP contribution in [-0.2, 0) is 0 Å². The third kappa shape index (κ3) is 3.04. The fraction of sp³-hybridized carbons (Fsp3) is 0.214. The third-order valence-corrected chi connectivity index (χ3v) is 2.94. The maximum Gasteiger partial charge on any atom is 0.106 e. The number of thiocarbonyl (C=S) groups is 1. The monoisotopic (exact) mass is 229 g/mol. The summed E-state index contributed by atoms with van der Waals surface area (Å²) < 4.78 is 0. The van der Waals surface area contributed by atoms with Crippen LogP contribution in [0.3, 0.4) is 0 Å². The molecule has 0 aliphatic heterocycles. The third-order valence-electron chi connectivity index (χ3n) is 2.56. The van der Waals surface area contributed by atoms with E-state index in [0.717, 1.165) is 29.9 Å². The molecule has 0 heterocycles. The van der Waals surface area contributed by atoms with Gasteiger partial charge in [-0.15, -0.1) is 0 Å². The van der Waals surface area contributed by atoms with Gasteiger partial charge < -0.3 is 5.32 Å². The number of allylic oxidation sites excluding steroid dienone is 2. The lowest BCUT2D eigenvalue weighted by Gasteiger charge is -2.10. The van der Waals surface area contributed by atoms with E-state index in [4.69, 9.17) is 12.2 Å². The molecule has 0 saturated carbocycles. The van der Waals surface area contributed by atoms with Crippen LogP contribution in [0, 0.1) is 0 Å². The van der Waals surface area contributed by atoms with Crippen LogP contribution in [0.4, 0.5) is 0 Å². The van der Waals surface area contributed by atoms with E-state index in [1.54, 1.807) is 0 Å². The Balaban J connectivity index is 1.89. The second-order valence-electron chi connectivity index (χ2n) is 3.81. The SMILES string of the molecule is S=C(NCC1=CCCC=C1)c1ccccc1. The molecule has 0 radical (unpaired) electrons. The van der Waals surface area contributed by atoms with E-state index in [1.165, 1.54) is 5.57 Å². The van der Waals surface area contributed by atoms with Gasteiger partial charge in [0, 0.05) is 12.1 Å². The maximum atomic E-state index is 5.33. The Morgan fingerprint density at radius 3 is 2.69 bits per heavy atom. The molecule has 1 N–H and O–H groups in total. The summed E-state index contributed by atoms with van der Waals surface area (Å²) in [6.07, 6.45) is 8.95. The van der Waals surface area contributed by atoms with E-state index >= 15 is 0 Å². The zero-order valence-electron chi connectivity index (χ0n) is 9.15. The number of benzene rings is 1. The van der Waals surface area contributed by atoms with Gasteiger partial charge >= 0.3 is 0 Å². The summed E-state index contributed by atoms with van der Waals surface area (Å²) in [5.74, 6) is 0. The molecule has 0 unspecified atom stereocenters. The first kappa shape index (κ1) is 11.1. The smallest absolute Gasteiger partial charge is 0.106 e. The largest absolute Gasteiger partial charge is 0.372 e. The molecule has 0 fully saturated rings. The van der Waals surface area contributed by atoms with Crippen molar-refractivity contribution >= 4 is 17.2 Å². The summed E-state index contributed by atoms with van der Waals surface area (Å²) in [6.45, 7) is 0.824. The van der Waals surface area contributed by atoms with Crippen LogP contribution in [-0.4, -0.2) is 11.5 Å². The van der Waals surface area contributed by atoms with Crippen LogP contribution in [0.2, 0.25) is 0 Å². The summed E-state index contributed by atoms with van der Waals surface area (Å²) in [4.78, 5) is 0.820. The van der Waals surface area contributed by atoms with E-state index in [1.807, 2.05) is 30.3 Å². The van der Waals surface area contributed by atoms with Crippen LogP contribution in [0.15, 0.2) is 54.1 Å². The van der Waals surface area contributed by atoms with Gasteiger partial charge in [0.1, 0.15) is 4.99 Å². The van der Waals surface area contributed by atoms with Gasteiger partial charge in [-0.1, -0.05) is 60.8 Å². The Morgan fingerprint density at radius 2 is 2.00 bits per heavy atom. The Kier molecular flexibility index (Phi) is 3.89. The highest BCUT2D eigenvalue weighted by atomic mass is 32.1. The molecular weight excluding hydrogens is 214 g/mol. The zero-order valence-corrected chi connectivity index (χ0v) is 9.96. The van der Waals surface area contributed by atoms with Gasteiger partial charge in [-0.2, -0.15) is 0 Å². The van der Waals surface area contributed by atoms with Crippen LogP contribution in [0.25, 0.3) is 0 Å². The van der Waals surface area contributed by atoms with E-state index < -0.39 is 0 Å². The predicted molar refractivity (Wildman–Crippen MR) is 72.6 cm³/mol. The Labute approximate surface area is 102 Å². The highest BCUT2D eigenvalue weighted by Gasteiger charge is 2.01. The van der Waals surface area contributed by atoms with E-state index in [2.05, 4.69) is 23.5 Å². The zero-order chi connectivity index (χ0) is 11.2. The van der Waals surface area contributed by atoms with Crippen molar-refractivity contribution in [1.29, 1.82) is 0 Å². The fourth-order valence-electron chi connectivity index (χ4n) is 1.67. The highest BCUT2D eigenvalue weighted by Crippen LogP contribution is 2.08. The van der Waals surface area contributed by atoms with Crippen molar-refractivity contribution in [3.8, 4) is 0 Å². The van der Waals surface area contributed by atoms with Crippen molar-refractivity contribution in [2.45, 2.75) is 12.8 Å². The average molecular weight is 229 g/mol. The standard InChI is InChI=1S/C14H15NS/c16-14(13-9-5-2-6-10-13)15-11-12-7-3-1-4-8-12/h2-3,5-10H,1,4,11H2,(H,15,16). The second kappa shape index (κ2) is 5.61. The first-order valence-electron chi connectivity index (χ1n) is 5.55. The minimum atomic E-state index is 0.820. The minimum absolute atomic E-state index is 0.820. The summed E-state index contributed by atoms with van der Waals surface area (Å²) >= 11 is 5.33. The molecule has 0 atom stereocenters. The molecule has 1 nitrogen and oxygen atoms in total. The Morgan fingerprint density at radius 1 is 1.19 bits per heavy atom. The molecule has 0 bridgehead atoms. The second-order valence-corrected chi connectivity index (χ2v) is 4.22. The van der Waals surface area contributed by atoms with Gasteiger partial charge in [0.2, 0.25) is 0 Å². The van der Waals surface area contributed by atoms with Crippen molar-refractivity contribution in [2.24, 2.45) is 0 Å². The van der Waals surface area contributed by atoms with Crippen LogP contribution in [0.1, 0.15) is 18.4 Å². The van der Waals surface area contributed by atoms with Crippen molar-refractivity contribution in [1.82, 2.24) is 5.32 Å². The normalized spacial score (nSPS) is 14.4. The fourth-order valence-corrected chi connectivity index (χ4v) is 1.88. The van der Waals surface area contributed by atoms with Crippen LogP contribution >= 0.6 is 12.2 Å². The Bertz CT molecular complexity index is 418. The molecular formula is C14H15NS. The number of hydrogen-bond acceptors (Lipinski definition) is 1. The Hall–Kier alpha value is -1.41. The lowest BCUT2D eigenvalue weighted by atomic mass is 10.1. The number of hydrogen-bond donors (Lipinski definition) is 1.